The second kappa shape index (κ2) is 26.9. The van der Waals surface area contributed by atoms with Crippen molar-refractivity contribution in [3.8, 4) is 0 Å². The minimum Gasteiger partial charge on any atom is -0.354 e. The van der Waals surface area contributed by atoms with Crippen molar-refractivity contribution in [2.45, 2.75) is 129 Å². The van der Waals surface area contributed by atoms with E-state index in [1.165, 1.54) is 37.8 Å². The number of ether oxygens (including phenoxy) is 4. The van der Waals surface area contributed by atoms with E-state index in [1.807, 2.05) is 41.2 Å². The van der Waals surface area contributed by atoms with Gasteiger partial charge in [0.15, 0.2) is 0 Å². The van der Waals surface area contributed by atoms with Crippen LogP contribution in [0.1, 0.15) is 106 Å². The van der Waals surface area contributed by atoms with E-state index >= 15 is 0 Å². The van der Waals surface area contributed by atoms with Gasteiger partial charge in [-0.15, -0.1) is 0 Å². The molecule has 0 aromatic heterocycles. The quantitative estimate of drug-likeness (QED) is 0.0359. The maximum absolute atomic E-state index is 6.35. The molecule has 0 fully saturated rings. The Morgan fingerprint density at radius 2 is 0.833 bits per heavy atom. The summed E-state index contributed by atoms with van der Waals surface area (Å²) in [5, 5.41) is 0. The van der Waals surface area contributed by atoms with Crippen LogP contribution in [0.5, 0.6) is 0 Å². The highest BCUT2D eigenvalue weighted by Gasteiger charge is 2.31. The molecule has 0 rings (SSSR count). The van der Waals surface area contributed by atoms with Gasteiger partial charge in [0.25, 0.3) is 0 Å². The van der Waals surface area contributed by atoms with E-state index in [2.05, 4.69) is 41.5 Å². The molecular weight excluding hydrogens is 561 g/mol. The molecule has 0 aliphatic rings. The fraction of sp³-hybridized carbons (Fsp3) is 1.00. The molecule has 0 heterocycles. The molecule has 10 heteroatoms. The Morgan fingerprint density at radius 1 is 0.500 bits per heavy atom. The molecule has 0 unspecified atom stereocenters. The van der Waals surface area contributed by atoms with Crippen molar-refractivity contribution in [2.24, 2.45) is 0 Å². The van der Waals surface area contributed by atoms with Crippen molar-refractivity contribution in [3.05, 3.63) is 0 Å². The Hall–Kier alpha value is 1.67. The average Bonchev–Trinajstić information content (AvgIpc) is 2.90. The van der Waals surface area contributed by atoms with Crippen LogP contribution in [0, 0.1) is 0 Å². The molecule has 0 bridgehead atoms. The van der Waals surface area contributed by atoms with Crippen molar-refractivity contribution in [2.75, 3.05) is 37.9 Å². The molecule has 0 aromatic carbocycles. The Kier molecular flexibility index (Phi) is 28.1. The molecule has 0 aromatic rings. The van der Waals surface area contributed by atoms with Gasteiger partial charge in [-0.1, -0.05) is 88.1 Å². The zero-order valence-electron chi connectivity index (χ0n) is 24.4. The summed E-state index contributed by atoms with van der Waals surface area (Å²) in [5.41, 5.74) is -0.467. The Labute approximate surface area is 244 Å². The summed E-state index contributed by atoms with van der Waals surface area (Å²) in [6.07, 6.45) is 11.2. The van der Waals surface area contributed by atoms with Crippen LogP contribution in [0.15, 0.2) is 0 Å². The Balaban J connectivity index is 4.30. The smallest absolute Gasteiger partial charge is 0.145 e. The van der Waals surface area contributed by atoms with Gasteiger partial charge in [-0.3, -0.25) is 0 Å². The van der Waals surface area contributed by atoms with Crippen molar-refractivity contribution in [1.29, 1.82) is 0 Å². The van der Waals surface area contributed by atoms with Gasteiger partial charge in [0.2, 0.25) is 0 Å². The third kappa shape index (κ3) is 19.7. The highest BCUT2D eigenvalue weighted by Crippen LogP contribution is 2.44. The van der Waals surface area contributed by atoms with Crippen molar-refractivity contribution in [3.63, 3.8) is 0 Å². The van der Waals surface area contributed by atoms with Crippen LogP contribution < -0.4 is 0 Å². The summed E-state index contributed by atoms with van der Waals surface area (Å²) in [6, 6.07) is 2.61. The van der Waals surface area contributed by atoms with Gasteiger partial charge in [0.1, 0.15) is 10.8 Å². The van der Waals surface area contributed by atoms with E-state index in [0.717, 1.165) is 76.5 Å². The molecule has 36 heavy (non-hydrogen) atoms. The molecule has 0 spiro atoms. The van der Waals surface area contributed by atoms with Gasteiger partial charge in [-0.2, -0.15) is 0 Å². The van der Waals surface area contributed by atoms with Crippen LogP contribution in [0.2, 0.25) is 12.1 Å². The summed E-state index contributed by atoms with van der Waals surface area (Å²) >= 11 is 0. The summed E-state index contributed by atoms with van der Waals surface area (Å²) in [5.74, 6) is 2.32. The van der Waals surface area contributed by atoms with Gasteiger partial charge in [-0.05, 0) is 71.0 Å². The van der Waals surface area contributed by atoms with E-state index in [1.54, 1.807) is 0 Å². The van der Waals surface area contributed by atoms with E-state index in [4.69, 9.17) is 18.9 Å². The molecular formula is C26H58O4S4Si2. The summed E-state index contributed by atoms with van der Waals surface area (Å²) in [6.45, 7) is 16.6. The molecule has 0 aliphatic heterocycles. The topological polar surface area (TPSA) is 36.9 Å². The second-order valence-electron chi connectivity index (χ2n) is 9.41. The molecule has 218 valence electrons. The largest absolute Gasteiger partial charge is 0.354 e. The fourth-order valence-corrected chi connectivity index (χ4v) is 13.9. The van der Waals surface area contributed by atoms with Crippen molar-refractivity contribution >= 4 is 60.3 Å². The first kappa shape index (κ1) is 37.7. The van der Waals surface area contributed by atoms with Gasteiger partial charge >= 0.3 is 0 Å². The second-order valence-corrected chi connectivity index (χ2v) is 20.2. The molecule has 0 radical (unpaired) electrons. The summed E-state index contributed by atoms with van der Waals surface area (Å²) in [4.78, 5) is 0. The van der Waals surface area contributed by atoms with Crippen LogP contribution in [-0.4, -0.2) is 67.8 Å². The maximum atomic E-state index is 6.35. The Bertz CT molecular complexity index is 384. The third-order valence-corrected chi connectivity index (χ3v) is 17.6. The first-order valence-electron chi connectivity index (χ1n) is 14.7. The lowest BCUT2D eigenvalue weighted by Crippen LogP contribution is -2.43. The van der Waals surface area contributed by atoms with Crippen molar-refractivity contribution in [1.82, 2.24) is 0 Å². The van der Waals surface area contributed by atoms with Gasteiger partial charge in [-0.25, -0.2) is 0 Å². The monoisotopic (exact) mass is 618 g/mol. The summed E-state index contributed by atoms with van der Waals surface area (Å²) < 4.78 is 25.4. The molecule has 0 saturated carbocycles. The molecule has 0 N–H and O–H groups in total. The lowest BCUT2D eigenvalue weighted by Gasteiger charge is -2.34. The third-order valence-electron chi connectivity index (χ3n) is 5.79. The first-order chi connectivity index (χ1) is 17.6. The van der Waals surface area contributed by atoms with Gasteiger partial charge in [0, 0.05) is 37.9 Å². The molecule has 4 nitrogen and oxygen atoms in total. The van der Waals surface area contributed by atoms with Crippen LogP contribution in [0.25, 0.3) is 0 Å². The molecule has 0 saturated heterocycles. The molecule has 0 aliphatic carbocycles. The molecule has 0 amide bonds. The molecule has 0 atom stereocenters. The maximum Gasteiger partial charge on any atom is 0.145 e. The van der Waals surface area contributed by atoms with E-state index in [9.17, 15) is 0 Å². The number of hydrogen-bond donors (Lipinski definition) is 0. The minimum atomic E-state index is -0.392. The minimum absolute atomic E-state index is 0.234. The van der Waals surface area contributed by atoms with E-state index in [0.29, 0.717) is 0 Å². The highest BCUT2D eigenvalue weighted by atomic mass is 33.7. The zero-order valence-corrected chi connectivity index (χ0v) is 30.5. The highest BCUT2D eigenvalue weighted by molar-refractivity contribution is 9.26. The van der Waals surface area contributed by atoms with E-state index in [-0.39, 0.29) is 10.8 Å². The Morgan fingerprint density at radius 3 is 1.11 bits per heavy atom. The lowest BCUT2D eigenvalue weighted by molar-refractivity contribution is -0.185. The number of rotatable bonds is 29. The zero-order chi connectivity index (χ0) is 26.8. The van der Waals surface area contributed by atoms with Gasteiger partial charge < -0.3 is 18.9 Å². The number of hydrogen-bond acceptors (Lipinski definition) is 8. The standard InChI is InChI=1S/C26H58O4S4Si2/c1-7-17-27-25(28-18-8-2,35-23-11-5)15-13-21-31-33-34-32-22-14-16-26(29-19-9-3,30-20-10-4)36-24-12-6/h7-24,35-36H2,1-6H3. The van der Waals surface area contributed by atoms with E-state index < -0.39 is 19.0 Å². The first-order valence-corrected chi connectivity index (χ1v) is 23.3. The predicted octanol–water partition coefficient (Wildman–Crippen LogP) is 8.23. The van der Waals surface area contributed by atoms with Crippen LogP contribution in [-0.2, 0) is 18.9 Å². The van der Waals surface area contributed by atoms with Crippen LogP contribution in [0.4, 0.5) is 0 Å². The van der Waals surface area contributed by atoms with Gasteiger partial charge in [0.05, 0.1) is 19.0 Å². The van der Waals surface area contributed by atoms with Crippen LogP contribution >= 0.6 is 41.2 Å². The fourth-order valence-electron chi connectivity index (χ4n) is 3.86. The lowest BCUT2D eigenvalue weighted by atomic mass is 10.3. The summed E-state index contributed by atoms with van der Waals surface area (Å²) in [7, 11) is 7.04. The predicted molar refractivity (Wildman–Crippen MR) is 176 cm³/mol. The SMILES string of the molecule is CCCOC(CCCSSSSCCCC(OCCC)(OCCC)[SiH2]CCC)(OCCC)[SiH2]CCC. The average molecular weight is 619 g/mol. The van der Waals surface area contributed by atoms with Crippen molar-refractivity contribution < 1.29 is 18.9 Å². The van der Waals surface area contributed by atoms with Crippen LogP contribution in [0.3, 0.4) is 0 Å². The normalized spacial score (nSPS) is 13.2.